The van der Waals surface area contributed by atoms with Crippen molar-refractivity contribution in [3.05, 3.63) is 45.4 Å². The molecule has 1 aromatic carbocycles. The Balaban J connectivity index is 2.05. The fraction of sp³-hybridized carbons (Fsp3) is 0.312. The highest BCUT2D eigenvalue weighted by Gasteiger charge is 2.17. The summed E-state index contributed by atoms with van der Waals surface area (Å²) < 4.78 is 26.5. The number of sulfonamides is 1. The van der Waals surface area contributed by atoms with E-state index in [1.54, 1.807) is 19.9 Å². The maximum atomic E-state index is 12.4. The molecule has 0 saturated carbocycles. The molecule has 0 aliphatic carbocycles. The number of hydrogen-bond donors (Lipinski definition) is 3. The first-order valence-electron chi connectivity index (χ1n) is 7.80. The van der Waals surface area contributed by atoms with Crippen LogP contribution in [-0.2, 0) is 16.4 Å². The first-order valence-corrected chi connectivity index (χ1v) is 10.2. The van der Waals surface area contributed by atoms with E-state index in [4.69, 9.17) is 5.11 Å². The smallest absolute Gasteiger partial charge is 0.355 e. The highest BCUT2D eigenvalue weighted by Crippen LogP contribution is 2.16. The van der Waals surface area contributed by atoms with Crippen molar-refractivity contribution in [2.45, 2.75) is 25.2 Å². The number of aromatic nitrogens is 1. The second-order valence-electron chi connectivity index (χ2n) is 5.42. The number of nitrogens with one attached hydrogen (secondary N) is 2. The second kappa shape index (κ2) is 8.39. The van der Waals surface area contributed by atoms with Crippen LogP contribution in [0.2, 0.25) is 0 Å². The predicted molar refractivity (Wildman–Crippen MR) is 97.2 cm³/mol. The molecule has 0 aliphatic heterocycles. The average Bonchev–Trinajstić information content (AvgIpc) is 3.04. The van der Waals surface area contributed by atoms with Gasteiger partial charge in [0.1, 0.15) is 0 Å². The molecule has 2 rings (SSSR count). The van der Waals surface area contributed by atoms with Crippen molar-refractivity contribution in [1.29, 1.82) is 0 Å². The topological polar surface area (TPSA) is 125 Å². The third-order valence-corrected chi connectivity index (χ3v) is 5.95. The number of carbonyl (C=O) groups excluding carboxylic acids is 1. The molecule has 10 heteroatoms. The molecular weight excluding hydrogens is 378 g/mol. The predicted octanol–water partition coefficient (Wildman–Crippen LogP) is 1.42. The van der Waals surface area contributed by atoms with Crippen LogP contribution in [0.5, 0.6) is 0 Å². The lowest BCUT2D eigenvalue weighted by molar-refractivity contribution is 0.0690. The minimum absolute atomic E-state index is 0.0199. The summed E-state index contributed by atoms with van der Waals surface area (Å²) in [6, 6.07) is 4.38. The lowest BCUT2D eigenvalue weighted by Gasteiger charge is -2.10. The molecule has 3 N–H and O–H groups in total. The summed E-state index contributed by atoms with van der Waals surface area (Å²) in [6.45, 7) is 3.91. The van der Waals surface area contributed by atoms with Gasteiger partial charge in [-0.2, -0.15) is 0 Å². The Morgan fingerprint density at radius 1 is 1.31 bits per heavy atom. The van der Waals surface area contributed by atoms with E-state index in [0.717, 1.165) is 0 Å². The maximum Gasteiger partial charge on any atom is 0.355 e. The van der Waals surface area contributed by atoms with Crippen molar-refractivity contribution in [3.63, 3.8) is 0 Å². The number of hydrogen-bond acceptors (Lipinski definition) is 6. The van der Waals surface area contributed by atoms with E-state index in [0.29, 0.717) is 17.0 Å². The summed E-state index contributed by atoms with van der Waals surface area (Å²) in [5.41, 5.74) is 0.906. The lowest BCUT2D eigenvalue weighted by atomic mass is 10.1. The van der Waals surface area contributed by atoms with Crippen LogP contribution in [-0.4, -0.2) is 43.5 Å². The number of amides is 1. The van der Waals surface area contributed by atoms with Gasteiger partial charge >= 0.3 is 5.97 Å². The Bertz CT molecular complexity index is 922. The molecule has 140 valence electrons. The Morgan fingerprint density at radius 2 is 2.04 bits per heavy atom. The van der Waals surface area contributed by atoms with Crippen LogP contribution in [0, 0.1) is 6.92 Å². The molecule has 8 nitrogen and oxygen atoms in total. The van der Waals surface area contributed by atoms with Gasteiger partial charge in [-0.3, -0.25) is 4.79 Å². The van der Waals surface area contributed by atoms with Crippen LogP contribution >= 0.6 is 11.3 Å². The first-order chi connectivity index (χ1) is 12.2. The zero-order valence-electron chi connectivity index (χ0n) is 14.3. The van der Waals surface area contributed by atoms with Gasteiger partial charge in [0.25, 0.3) is 5.91 Å². The minimum Gasteiger partial charge on any atom is -0.476 e. The number of carboxylic acid groups (broad SMARTS) is 1. The van der Waals surface area contributed by atoms with Crippen molar-refractivity contribution < 1.29 is 23.1 Å². The number of nitrogens with zero attached hydrogens (tertiary/aromatic N) is 1. The van der Waals surface area contributed by atoms with Crippen molar-refractivity contribution in [1.82, 2.24) is 15.0 Å². The largest absolute Gasteiger partial charge is 0.476 e. The van der Waals surface area contributed by atoms with E-state index in [9.17, 15) is 18.0 Å². The van der Waals surface area contributed by atoms with E-state index in [1.165, 1.54) is 28.8 Å². The van der Waals surface area contributed by atoms with Crippen LogP contribution in [0.4, 0.5) is 0 Å². The molecule has 0 atom stereocenters. The van der Waals surface area contributed by atoms with Crippen molar-refractivity contribution in [3.8, 4) is 0 Å². The third-order valence-electron chi connectivity index (χ3n) is 3.49. The Kier molecular flexibility index (Phi) is 6.46. The molecule has 0 aliphatic rings. The molecule has 0 spiro atoms. The SMILES string of the molecule is CCNS(=O)(=O)c1ccc(C)c(C(=O)NCCc2nc(C(=O)O)cs2)c1. The monoisotopic (exact) mass is 397 g/mol. The number of carboxylic acids is 1. The average molecular weight is 397 g/mol. The highest BCUT2D eigenvalue weighted by molar-refractivity contribution is 7.89. The van der Waals surface area contributed by atoms with Gasteiger partial charge in [0.05, 0.1) is 9.90 Å². The molecule has 1 aromatic heterocycles. The molecule has 1 heterocycles. The number of benzene rings is 1. The summed E-state index contributed by atoms with van der Waals surface area (Å²) in [5, 5.41) is 13.6. The number of aromatic carboxylic acids is 1. The van der Waals surface area contributed by atoms with E-state index in [2.05, 4.69) is 15.0 Å². The number of aryl methyl sites for hydroxylation is 1. The summed E-state index contributed by atoms with van der Waals surface area (Å²) in [6.07, 6.45) is 0.387. The summed E-state index contributed by atoms with van der Waals surface area (Å²) in [7, 11) is -3.65. The van der Waals surface area contributed by atoms with E-state index in [-0.39, 0.29) is 29.2 Å². The number of rotatable bonds is 8. The van der Waals surface area contributed by atoms with Gasteiger partial charge in [0, 0.05) is 30.5 Å². The molecule has 2 aromatic rings. The lowest BCUT2D eigenvalue weighted by Crippen LogP contribution is -2.27. The Labute approximate surface area is 155 Å². The van der Waals surface area contributed by atoms with Gasteiger partial charge in [-0.15, -0.1) is 11.3 Å². The summed E-state index contributed by atoms with van der Waals surface area (Å²) in [5.74, 6) is -1.49. The number of carbonyl (C=O) groups is 2. The van der Waals surface area contributed by atoms with E-state index in [1.807, 2.05) is 0 Å². The zero-order chi connectivity index (χ0) is 19.3. The first kappa shape index (κ1) is 20.0. The van der Waals surface area contributed by atoms with Crippen molar-refractivity contribution in [2.24, 2.45) is 0 Å². The highest BCUT2D eigenvalue weighted by atomic mass is 32.2. The van der Waals surface area contributed by atoms with Gasteiger partial charge in [-0.05, 0) is 24.6 Å². The molecule has 0 fully saturated rings. The van der Waals surface area contributed by atoms with E-state index >= 15 is 0 Å². The normalized spacial score (nSPS) is 11.3. The summed E-state index contributed by atoms with van der Waals surface area (Å²) in [4.78, 5) is 27.1. The fourth-order valence-corrected chi connectivity index (χ4v) is 4.03. The van der Waals surface area contributed by atoms with Crippen LogP contribution < -0.4 is 10.0 Å². The van der Waals surface area contributed by atoms with E-state index < -0.39 is 21.9 Å². The Hall–Kier alpha value is -2.30. The van der Waals surface area contributed by atoms with Crippen LogP contribution in [0.15, 0.2) is 28.5 Å². The quantitative estimate of drug-likeness (QED) is 0.619. The molecule has 0 bridgehead atoms. The molecule has 0 radical (unpaired) electrons. The molecule has 0 saturated heterocycles. The fourth-order valence-electron chi connectivity index (χ4n) is 2.19. The third kappa shape index (κ3) is 4.87. The van der Waals surface area contributed by atoms with Crippen molar-refractivity contribution >= 4 is 33.2 Å². The van der Waals surface area contributed by atoms with Crippen molar-refractivity contribution in [2.75, 3.05) is 13.1 Å². The molecule has 1 amide bonds. The molecule has 0 unspecified atom stereocenters. The zero-order valence-corrected chi connectivity index (χ0v) is 15.9. The van der Waals surface area contributed by atoms with Gasteiger partial charge < -0.3 is 10.4 Å². The van der Waals surface area contributed by atoms with Gasteiger partial charge in [-0.25, -0.2) is 22.9 Å². The maximum absolute atomic E-state index is 12.4. The summed E-state index contributed by atoms with van der Waals surface area (Å²) >= 11 is 1.21. The van der Waals surface area contributed by atoms with Gasteiger partial charge in [0.15, 0.2) is 5.69 Å². The Morgan fingerprint density at radius 3 is 2.65 bits per heavy atom. The molecule has 26 heavy (non-hydrogen) atoms. The number of thiazole rings is 1. The molecular formula is C16H19N3O5S2. The standard InChI is InChI=1S/C16H19N3O5S2/c1-3-18-26(23,24)11-5-4-10(2)12(8-11)15(20)17-7-6-14-19-13(9-25-14)16(21)22/h4-5,8-9,18H,3,6-7H2,1-2H3,(H,17,20)(H,21,22). The van der Waals surface area contributed by atoms with Gasteiger partial charge in [0.2, 0.25) is 10.0 Å². The second-order valence-corrected chi connectivity index (χ2v) is 8.13. The van der Waals surface area contributed by atoms with Crippen LogP contribution in [0.1, 0.15) is 38.3 Å². The van der Waals surface area contributed by atoms with Crippen LogP contribution in [0.25, 0.3) is 0 Å². The minimum atomic E-state index is -3.65. The van der Waals surface area contributed by atoms with Crippen LogP contribution in [0.3, 0.4) is 0 Å². The van der Waals surface area contributed by atoms with Gasteiger partial charge in [-0.1, -0.05) is 13.0 Å².